The lowest BCUT2D eigenvalue weighted by Crippen LogP contribution is -2.35. The number of hydrogen-bond donors (Lipinski definition) is 2. The fourth-order valence-electron chi connectivity index (χ4n) is 3.20. The molecular formula is C17H21N3O3. The van der Waals surface area contributed by atoms with E-state index in [1.54, 1.807) is 25.3 Å². The third-order valence-corrected chi connectivity index (χ3v) is 4.53. The Morgan fingerprint density at radius 1 is 1.39 bits per heavy atom. The summed E-state index contributed by atoms with van der Waals surface area (Å²) in [5.74, 6) is -0.611. The van der Waals surface area contributed by atoms with Crippen molar-refractivity contribution >= 4 is 11.6 Å². The highest BCUT2D eigenvalue weighted by Crippen LogP contribution is 2.23. The molecule has 0 aliphatic heterocycles. The molecule has 0 unspecified atom stereocenters. The van der Waals surface area contributed by atoms with Gasteiger partial charge in [0.2, 0.25) is 5.88 Å². The van der Waals surface area contributed by atoms with Gasteiger partial charge < -0.3 is 10.4 Å². The van der Waals surface area contributed by atoms with E-state index in [1.807, 2.05) is 0 Å². The number of fused-ring (bicyclic) bond motifs is 1. The highest BCUT2D eigenvalue weighted by Gasteiger charge is 2.21. The van der Waals surface area contributed by atoms with Crippen LogP contribution in [-0.4, -0.2) is 26.9 Å². The topological polar surface area (TPSA) is 83.7 Å². The van der Waals surface area contributed by atoms with Crippen molar-refractivity contribution in [3.8, 4) is 5.88 Å². The van der Waals surface area contributed by atoms with Crippen LogP contribution >= 0.6 is 0 Å². The summed E-state index contributed by atoms with van der Waals surface area (Å²) in [6.45, 7) is 2.33. The van der Waals surface area contributed by atoms with Crippen LogP contribution in [0.15, 0.2) is 23.1 Å². The van der Waals surface area contributed by atoms with E-state index in [0.717, 1.165) is 18.4 Å². The SMILES string of the molecule is Cc1cccn2c(=O)c(C(=O)NCC3CCCCC3)c(O)nc12. The molecule has 0 bridgehead atoms. The normalized spacial score (nSPS) is 15.7. The monoisotopic (exact) mass is 315 g/mol. The summed E-state index contributed by atoms with van der Waals surface area (Å²) in [6, 6.07) is 3.51. The minimum absolute atomic E-state index is 0.288. The maximum atomic E-state index is 12.5. The van der Waals surface area contributed by atoms with Gasteiger partial charge in [-0.05, 0) is 37.3 Å². The number of rotatable bonds is 3. The van der Waals surface area contributed by atoms with Crippen LogP contribution in [0.4, 0.5) is 0 Å². The molecule has 23 heavy (non-hydrogen) atoms. The first kappa shape index (κ1) is 15.5. The smallest absolute Gasteiger partial charge is 0.274 e. The average Bonchev–Trinajstić information content (AvgIpc) is 2.55. The molecule has 6 nitrogen and oxygen atoms in total. The van der Waals surface area contributed by atoms with E-state index in [0.29, 0.717) is 18.1 Å². The van der Waals surface area contributed by atoms with E-state index in [-0.39, 0.29) is 5.56 Å². The molecule has 2 aromatic rings. The molecule has 122 valence electrons. The highest BCUT2D eigenvalue weighted by atomic mass is 16.3. The van der Waals surface area contributed by atoms with Gasteiger partial charge in [0.05, 0.1) is 0 Å². The van der Waals surface area contributed by atoms with Crippen LogP contribution in [0.25, 0.3) is 5.65 Å². The molecule has 1 aliphatic rings. The van der Waals surface area contributed by atoms with Crippen molar-refractivity contribution in [1.29, 1.82) is 0 Å². The zero-order valence-electron chi connectivity index (χ0n) is 13.2. The molecule has 6 heteroatoms. The number of aromatic hydroxyl groups is 1. The van der Waals surface area contributed by atoms with Gasteiger partial charge in [0.15, 0.2) is 5.56 Å². The van der Waals surface area contributed by atoms with Crippen LogP contribution in [-0.2, 0) is 0 Å². The summed E-state index contributed by atoms with van der Waals surface area (Å²) < 4.78 is 1.30. The lowest BCUT2D eigenvalue weighted by atomic mass is 9.89. The first-order chi connectivity index (χ1) is 11.1. The van der Waals surface area contributed by atoms with Crippen molar-refractivity contribution < 1.29 is 9.90 Å². The third kappa shape index (κ3) is 3.06. The van der Waals surface area contributed by atoms with E-state index in [2.05, 4.69) is 10.3 Å². The number of aryl methyl sites for hydroxylation is 1. The molecule has 2 heterocycles. The van der Waals surface area contributed by atoms with Crippen LogP contribution in [0, 0.1) is 12.8 Å². The number of nitrogens with zero attached hydrogens (tertiary/aromatic N) is 2. The van der Waals surface area contributed by atoms with Gasteiger partial charge in [0.25, 0.3) is 11.5 Å². The summed E-state index contributed by atoms with van der Waals surface area (Å²) in [7, 11) is 0. The fourth-order valence-corrected chi connectivity index (χ4v) is 3.20. The van der Waals surface area contributed by atoms with Crippen molar-refractivity contribution in [2.24, 2.45) is 5.92 Å². The van der Waals surface area contributed by atoms with Gasteiger partial charge in [-0.1, -0.05) is 25.3 Å². The van der Waals surface area contributed by atoms with Gasteiger partial charge in [-0.3, -0.25) is 14.0 Å². The lowest BCUT2D eigenvalue weighted by Gasteiger charge is -2.21. The predicted molar refractivity (Wildman–Crippen MR) is 86.8 cm³/mol. The van der Waals surface area contributed by atoms with Gasteiger partial charge in [-0.15, -0.1) is 0 Å². The number of aromatic nitrogens is 2. The molecule has 0 spiro atoms. The number of carbonyl (C=O) groups is 1. The standard InChI is InChI=1S/C17H21N3O3/c1-11-6-5-9-20-14(11)19-16(22)13(17(20)23)15(21)18-10-12-7-3-2-4-8-12/h5-6,9,12,22H,2-4,7-8,10H2,1H3,(H,18,21). The van der Waals surface area contributed by atoms with E-state index >= 15 is 0 Å². The molecule has 2 N–H and O–H groups in total. The molecule has 0 aromatic carbocycles. The van der Waals surface area contributed by atoms with Crippen molar-refractivity contribution in [3.63, 3.8) is 0 Å². The van der Waals surface area contributed by atoms with Crippen LogP contribution < -0.4 is 10.9 Å². The van der Waals surface area contributed by atoms with Crippen LogP contribution in [0.3, 0.4) is 0 Å². The Balaban J connectivity index is 1.87. The molecule has 1 saturated carbocycles. The first-order valence-electron chi connectivity index (χ1n) is 8.07. The summed E-state index contributed by atoms with van der Waals surface area (Å²) in [5, 5.41) is 12.8. The van der Waals surface area contributed by atoms with Crippen LogP contribution in [0.5, 0.6) is 5.88 Å². The zero-order valence-corrected chi connectivity index (χ0v) is 13.2. The van der Waals surface area contributed by atoms with Crippen LogP contribution in [0.2, 0.25) is 0 Å². The molecule has 3 rings (SSSR count). The average molecular weight is 315 g/mol. The minimum atomic E-state index is -0.554. The summed E-state index contributed by atoms with van der Waals surface area (Å²) in [6.07, 6.45) is 7.37. The third-order valence-electron chi connectivity index (χ3n) is 4.53. The molecule has 2 aromatic heterocycles. The highest BCUT2D eigenvalue weighted by molar-refractivity contribution is 5.96. The Kier molecular flexibility index (Phi) is 4.32. The first-order valence-corrected chi connectivity index (χ1v) is 8.07. The molecule has 0 saturated heterocycles. The van der Waals surface area contributed by atoms with Gasteiger partial charge in [-0.25, -0.2) is 0 Å². The molecule has 1 amide bonds. The largest absolute Gasteiger partial charge is 0.493 e. The minimum Gasteiger partial charge on any atom is -0.493 e. The number of carbonyl (C=O) groups excluding carboxylic acids is 1. The summed E-state index contributed by atoms with van der Waals surface area (Å²) >= 11 is 0. The Labute approximate surface area is 134 Å². The van der Waals surface area contributed by atoms with Gasteiger partial charge in [0, 0.05) is 12.7 Å². The molecule has 0 atom stereocenters. The zero-order chi connectivity index (χ0) is 16.4. The van der Waals surface area contributed by atoms with Crippen molar-refractivity contribution in [2.45, 2.75) is 39.0 Å². The van der Waals surface area contributed by atoms with Gasteiger partial charge >= 0.3 is 0 Å². The number of amides is 1. The molecule has 0 radical (unpaired) electrons. The van der Waals surface area contributed by atoms with E-state index in [4.69, 9.17) is 0 Å². The van der Waals surface area contributed by atoms with Crippen LogP contribution in [0.1, 0.15) is 48.0 Å². The van der Waals surface area contributed by atoms with Crippen molar-refractivity contribution in [3.05, 3.63) is 39.8 Å². The van der Waals surface area contributed by atoms with Gasteiger partial charge in [0.1, 0.15) is 5.65 Å². The Hall–Kier alpha value is -2.37. The predicted octanol–water partition coefficient (Wildman–Crippen LogP) is 2.02. The van der Waals surface area contributed by atoms with E-state index in [9.17, 15) is 14.7 Å². The molecule has 1 aliphatic carbocycles. The quantitative estimate of drug-likeness (QED) is 0.907. The number of nitrogens with one attached hydrogen (secondary N) is 1. The Bertz CT molecular complexity index is 792. The van der Waals surface area contributed by atoms with Gasteiger partial charge in [-0.2, -0.15) is 4.98 Å². The lowest BCUT2D eigenvalue weighted by molar-refractivity contribution is 0.0938. The summed E-state index contributed by atoms with van der Waals surface area (Å²) in [5.41, 5.74) is 0.286. The number of pyridine rings is 1. The molecule has 1 fully saturated rings. The second-order valence-corrected chi connectivity index (χ2v) is 6.21. The Morgan fingerprint density at radius 2 is 2.13 bits per heavy atom. The maximum absolute atomic E-state index is 12.5. The fraction of sp³-hybridized carbons (Fsp3) is 0.471. The van der Waals surface area contributed by atoms with Crippen molar-refractivity contribution in [2.75, 3.05) is 6.54 Å². The summed E-state index contributed by atoms with van der Waals surface area (Å²) in [4.78, 5) is 28.8. The second-order valence-electron chi connectivity index (χ2n) is 6.21. The molecular weight excluding hydrogens is 294 g/mol. The van der Waals surface area contributed by atoms with Crippen molar-refractivity contribution in [1.82, 2.24) is 14.7 Å². The number of hydrogen-bond acceptors (Lipinski definition) is 4. The Morgan fingerprint density at radius 3 is 2.87 bits per heavy atom. The van der Waals surface area contributed by atoms with E-state index < -0.39 is 17.3 Å². The van der Waals surface area contributed by atoms with E-state index in [1.165, 1.54) is 23.7 Å². The second kappa shape index (κ2) is 6.40. The maximum Gasteiger partial charge on any atom is 0.274 e.